The van der Waals surface area contributed by atoms with E-state index < -0.39 is 0 Å². The maximum atomic E-state index is 4.04. The summed E-state index contributed by atoms with van der Waals surface area (Å²) in [5, 5.41) is 0. The highest BCUT2D eigenvalue weighted by atomic mass is 15.2. The molecule has 0 bridgehead atoms. The van der Waals surface area contributed by atoms with Gasteiger partial charge in [-0.15, -0.1) is 6.58 Å². The largest absolute Gasteiger partial charge is 0.301 e. The predicted octanol–water partition coefficient (Wildman–Crippen LogP) is 3.19. The fraction of sp³-hybridized carbons (Fsp3) is 0.625. The van der Waals surface area contributed by atoms with Crippen LogP contribution in [0.15, 0.2) is 37.0 Å². The minimum atomic E-state index is 0.537. The van der Waals surface area contributed by atoms with Crippen LogP contribution in [0.2, 0.25) is 0 Å². The first kappa shape index (κ1) is 17.1. The average Bonchev–Trinajstić information content (AvgIpc) is 2.34. The van der Waals surface area contributed by atoms with Gasteiger partial charge in [-0.2, -0.15) is 0 Å². The molecular weight excluding hydrogens is 220 g/mol. The van der Waals surface area contributed by atoms with E-state index in [1.54, 1.807) is 0 Å². The molecule has 0 aliphatic rings. The van der Waals surface area contributed by atoms with Crippen molar-refractivity contribution in [3.63, 3.8) is 0 Å². The zero-order valence-corrected chi connectivity index (χ0v) is 12.7. The van der Waals surface area contributed by atoms with Crippen LogP contribution in [0.25, 0.3) is 0 Å². The molecule has 0 aromatic rings. The van der Waals surface area contributed by atoms with Crippen molar-refractivity contribution in [1.29, 1.82) is 0 Å². The van der Waals surface area contributed by atoms with E-state index in [0.717, 1.165) is 32.7 Å². The van der Waals surface area contributed by atoms with Gasteiger partial charge in [0.1, 0.15) is 0 Å². The summed E-state index contributed by atoms with van der Waals surface area (Å²) in [7, 11) is 2.16. The van der Waals surface area contributed by atoms with Gasteiger partial charge in [-0.1, -0.05) is 51.2 Å². The molecule has 0 N–H and O–H groups in total. The molecule has 0 amide bonds. The molecule has 0 aliphatic carbocycles. The van der Waals surface area contributed by atoms with Gasteiger partial charge < -0.3 is 4.90 Å². The molecule has 18 heavy (non-hydrogen) atoms. The molecule has 0 spiro atoms. The van der Waals surface area contributed by atoms with Gasteiger partial charge in [0.25, 0.3) is 0 Å². The number of hydrogen-bond donors (Lipinski definition) is 0. The summed E-state index contributed by atoms with van der Waals surface area (Å²) in [6.07, 6.45) is 6.31. The Balaban J connectivity index is 3.86. The first-order valence-corrected chi connectivity index (χ1v) is 6.88. The van der Waals surface area contributed by atoms with Crippen LogP contribution in [0.1, 0.15) is 20.8 Å². The fourth-order valence-electron chi connectivity index (χ4n) is 1.54. The highest BCUT2D eigenvalue weighted by Gasteiger charge is 2.02. The van der Waals surface area contributed by atoms with Crippen molar-refractivity contribution in [1.82, 2.24) is 9.80 Å². The second-order valence-electron chi connectivity index (χ2n) is 5.08. The van der Waals surface area contributed by atoms with Crippen LogP contribution in [0.3, 0.4) is 0 Å². The normalized spacial score (nSPS) is 11.9. The third kappa shape index (κ3) is 8.26. The second-order valence-corrected chi connectivity index (χ2v) is 5.08. The zero-order valence-electron chi connectivity index (χ0n) is 12.7. The summed E-state index contributed by atoms with van der Waals surface area (Å²) in [5.74, 6) is 0.537. The molecular formula is C16H30N2. The Kier molecular flexibility index (Phi) is 9.62. The van der Waals surface area contributed by atoms with E-state index in [4.69, 9.17) is 0 Å². The van der Waals surface area contributed by atoms with Crippen LogP contribution < -0.4 is 0 Å². The van der Waals surface area contributed by atoms with Gasteiger partial charge in [-0.3, -0.25) is 4.90 Å². The lowest BCUT2D eigenvalue weighted by Gasteiger charge is -2.22. The van der Waals surface area contributed by atoms with E-state index in [2.05, 4.69) is 62.9 Å². The molecule has 2 heteroatoms. The van der Waals surface area contributed by atoms with Gasteiger partial charge in [-0.25, -0.2) is 0 Å². The van der Waals surface area contributed by atoms with Crippen LogP contribution in [0, 0.1) is 5.92 Å². The van der Waals surface area contributed by atoms with Crippen LogP contribution in [0.5, 0.6) is 0 Å². The lowest BCUT2D eigenvalue weighted by Crippen LogP contribution is -2.33. The number of hydrogen-bond acceptors (Lipinski definition) is 2. The average molecular weight is 250 g/mol. The quantitative estimate of drug-likeness (QED) is 0.434. The van der Waals surface area contributed by atoms with Gasteiger partial charge in [0, 0.05) is 26.2 Å². The molecule has 0 aliphatic heterocycles. The standard InChI is InChI=1S/C16H30N2/c1-7-11-18(8-2)14-13-17(6)12-9-10-16(5)15(3)4/h7,9-10,15H,1,5,8,11-14H2,2-4,6H3/b10-9+. The van der Waals surface area contributed by atoms with E-state index >= 15 is 0 Å². The summed E-state index contributed by atoms with van der Waals surface area (Å²) < 4.78 is 0. The first-order chi connectivity index (χ1) is 8.51. The third-order valence-electron chi connectivity index (χ3n) is 3.12. The van der Waals surface area contributed by atoms with E-state index in [9.17, 15) is 0 Å². The Morgan fingerprint density at radius 2 is 1.89 bits per heavy atom. The third-order valence-corrected chi connectivity index (χ3v) is 3.12. The van der Waals surface area contributed by atoms with Gasteiger partial charge in [-0.05, 0) is 19.5 Å². The maximum Gasteiger partial charge on any atom is 0.0163 e. The second kappa shape index (κ2) is 10.1. The Hall–Kier alpha value is -0.860. The van der Waals surface area contributed by atoms with Crippen molar-refractivity contribution in [2.75, 3.05) is 39.8 Å². The minimum absolute atomic E-state index is 0.537. The topological polar surface area (TPSA) is 6.48 Å². The highest BCUT2D eigenvalue weighted by molar-refractivity contribution is 5.16. The zero-order chi connectivity index (χ0) is 14.0. The van der Waals surface area contributed by atoms with Gasteiger partial charge in [0.2, 0.25) is 0 Å². The summed E-state index contributed by atoms with van der Waals surface area (Å²) >= 11 is 0. The van der Waals surface area contributed by atoms with Crippen LogP contribution in [0.4, 0.5) is 0 Å². The Morgan fingerprint density at radius 1 is 1.22 bits per heavy atom. The van der Waals surface area contributed by atoms with Crippen molar-refractivity contribution >= 4 is 0 Å². The maximum absolute atomic E-state index is 4.04. The van der Waals surface area contributed by atoms with Gasteiger partial charge >= 0.3 is 0 Å². The molecule has 0 unspecified atom stereocenters. The van der Waals surface area contributed by atoms with Crippen LogP contribution in [-0.2, 0) is 0 Å². The summed E-state index contributed by atoms with van der Waals surface area (Å²) in [6, 6.07) is 0. The van der Waals surface area contributed by atoms with Crippen LogP contribution >= 0.6 is 0 Å². The van der Waals surface area contributed by atoms with E-state index in [1.165, 1.54) is 5.57 Å². The highest BCUT2D eigenvalue weighted by Crippen LogP contribution is 2.07. The number of likely N-dealkylation sites (N-methyl/N-ethyl adjacent to an activating group) is 2. The first-order valence-electron chi connectivity index (χ1n) is 6.88. The molecule has 0 radical (unpaired) electrons. The SMILES string of the molecule is C=CCN(CC)CCN(C)C/C=C/C(=C)C(C)C. The number of allylic oxidation sites excluding steroid dienone is 2. The molecule has 0 saturated heterocycles. The van der Waals surface area contributed by atoms with Gasteiger partial charge in [0.05, 0.1) is 0 Å². The van der Waals surface area contributed by atoms with Crippen molar-refractivity contribution in [3.05, 3.63) is 37.0 Å². The lowest BCUT2D eigenvalue weighted by molar-refractivity contribution is 0.260. The van der Waals surface area contributed by atoms with Crippen molar-refractivity contribution in [2.45, 2.75) is 20.8 Å². The molecule has 0 heterocycles. The van der Waals surface area contributed by atoms with Gasteiger partial charge in [0.15, 0.2) is 0 Å². The summed E-state index contributed by atoms with van der Waals surface area (Å²) in [4.78, 5) is 4.72. The van der Waals surface area contributed by atoms with E-state index in [0.29, 0.717) is 5.92 Å². The molecule has 0 saturated carbocycles. The number of nitrogens with zero attached hydrogens (tertiary/aromatic N) is 2. The monoisotopic (exact) mass is 250 g/mol. The molecule has 0 aromatic carbocycles. The Morgan fingerprint density at radius 3 is 2.39 bits per heavy atom. The van der Waals surface area contributed by atoms with E-state index in [-0.39, 0.29) is 0 Å². The summed E-state index contributed by atoms with van der Waals surface area (Å²) in [5.41, 5.74) is 1.20. The molecule has 104 valence electrons. The van der Waals surface area contributed by atoms with E-state index in [1.807, 2.05) is 6.08 Å². The number of rotatable bonds is 10. The minimum Gasteiger partial charge on any atom is -0.301 e. The molecule has 0 fully saturated rings. The molecule has 0 rings (SSSR count). The predicted molar refractivity (Wildman–Crippen MR) is 82.9 cm³/mol. The smallest absolute Gasteiger partial charge is 0.0163 e. The Labute approximate surface area is 114 Å². The molecule has 0 atom stereocenters. The van der Waals surface area contributed by atoms with Crippen LogP contribution in [-0.4, -0.2) is 49.6 Å². The van der Waals surface area contributed by atoms with Crippen molar-refractivity contribution in [3.8, 4) is 0 Å². The Bertz CT molecular complexity index is 266. The van der Waals surface area contributed by atoms with Crippen molar-refractivity contribution in [2.24, 2.45) is 5.92 Å². The molecule has 2 nitrogen and oxygen atoms in total. The fourth-order valence-corrected chi connectivity index (χ4v) is 1.54. The van der Waals surface area contributed by atoms with Crippen molar-refractivity contribution < 1.29 is 0 Å². The lowest BCUT2D eigenvalue weighted by atomic mass is 10.1. The summed E-state index contributed by atoms with van der Waals surface area (Å²) in [6.45, 7) is 19.6. The molecule has 0 aromatic heterocycles.